The lowest BCUT2D eigenvalue weighted by atomic mass is 10.3. The number of imidazole rings is 1. The largest absolute Gasteiger partial charge is 0.364 e. The Morgan fingerprint density at radius 3 is 2.85 bits per heavy atom. The molecule has 0 aliphatic carbocycles. The van der Waals surface area contributed by atoms with Gasteiger partial charge in [-0.05, 0) is 39.9 Å². The molecule has 0 spiro atoms. The summed E-state index contributed by atoms with van der Waals surface area (Å²) in [4.78, 5) is 15.8. The summed E-state index contributed by atoms with van der Waals surface area (Å²) >= 11 is 5.12. The number of aryl methyl sites for hydroxylation is 1. The highest BCUT2D eigenvalue weighted by Gasteiger charge is 2.07. The number of nitrogens with zero attached hydrogens (tertiary/aromatic N) is 3. The molecule has 0 aliphatic rings. The fourth-order valence-electron chi connectivity index (χ4n) is 1.69. The van der Waals surface area contributed by atoms with Crippen molar-refractivity contribution < 1.29 is 0 Å². The van der Waals surface area contributed by atoms with Gasteiger partial charge in [-0.2, -0.15) is 0 Å². The van der Waals surface area contributed by atoms with Crippen LogP contribution in [0.4, 0.5) is 5.82 Å². The van der Waals surface area contributed by atoms with E-state index in [1.54, 1.807) is 17.7 Å². The molecule has 3 aromatic heterocycles. The zero-order valence-corrected chi connectivity index (χ0v) is 14.0. The van der Waals surface area contributed by atoms with E-state index in [1.165, 1.54) is 5.56 Å². The summed E-state index contributed by atoms with van der Waals surface area (Å²) in [5.41, 5.74) is 2.75. The van der Waals surface area contributed by atoms with Gasteiger partial charge in [0, 0.05) is 6.54 Å². The first kappa shape index (κ1) is 14.9. The number of nitrogens with one attached hydrogen (secondary N) is 2. The van der Waals surface area contributed by atoms with E-state index < -0.39 is 0 Å². The lowest BCUT2D eigenvalue weighted by molar-refractivity contribution is 1.05. The first-order valence-corrected chi connectivity index (χ1v) is 8.04. The van der Waals surface area contributed by atoms with Crippen LogP contribution in [-0.4, -0.2) is 19.9 Å². The molecule has 0 aliphatic heterocycles. The minimum absolute atomic E-state index is 0.691. The molecule has 106 valence electrons. The van der Waals surface area contributed by atoms with Crippen molar-refractivity contribution in [3.8, 4) is 0 Å². The van der Waals surface area contributed by atoms with E-state index >= 15 is 0 Å². The summed E-state index contributed by atoms with van der Waals surface area (Å²) < 4.78 is 1.13. The predicted molar refractivity (Wildman–Crippen MR) is 87.1 cm³/mol. The molecule has 2 N–H and O–H groups in total. The Morgan fingerprint density at radius 1 is 1.35 bits per heavy atom. The van der Waals surface area contributed by atoms with Crippen molar-refractivity contribution >= 4 is 44.2 Å². The molecule has 3 aromatic rings. The van der Waals surface area contributed by atoms with E-state index in [0.29, 0.717) is 11.5 Å². The summed E-state index contributed by atoms with van der Waals surface area (Å²) in [7, 11) is 0. The molecule has 0 saturated carbocycles. The van der Waals surface area contributed by atoms with E-state index in [1.807, 2.05) is 20.8 Å². The van der Waals surface area contributed by atoms with E-state index in [2.05, 4.69) is 52.6 Å². The van der Waals surface area contributed by atoms with Crippen molar-refractivity contribution in [3.63, 3.8) is 0 Å². The quantitative estimate of drug-likeness (QED) is 0.742. The number of halogens is 1. The molecule has 0 aromatic carbocycles. The highest BCUT2D eigenvalue weighted by molar-refractivity contribution is 9.11. The topological polar surface area (TPSA) is 66.5 Å². The van der Waals surface area contributed by atoms with Gasteiger partial charge in [0.15, 0.2) is 11.5 Å². The van der Waals surface area contributed by atoms with Crippen LogP contribution in [0.25, 0.3) is 11.2 Å². The SMILES string of the molecule is CC.Cc1nc(NCc2csc(Br)c2)c2[nH]cnc2n1. The number of aromatic amines is 1. The summed E-state index contributed by atoms with van der Waals surface area (Å²) in [6, 6.07) is 2.09. The maximum absolute atomic E-state index is 4.39. The molecule has 0 bridgehead atoms. The van der Waals surface area contributed by atoms with Crippen LogP contribution < -0.4 is 5.32 Å². The van der Waals surface area contributed by atoms with Crippen molar-refractivity contribution in [1.29, 1.82) is 0 Å². The highest BCUT2D eigenvalue weighted by Crippen LogP contribution is 2.22. The Kier molecular flexibility index (Phi) is 5.08. The van der Waals surface area contributed by atoms with Crippen LogP contribution >= 0.6 is 27.3 Å². The number of fused-ring (bicyclic) bond motifs is 1. The van der Waals surface area contributed by atoms with Gasteiger partial charge in [0.05, 0.1) is 10.1 Å². The molecule has 0 saturated heterocycles. The van der Waals surface area contributed by atoms with Gasteiger partial charge in [-0.15, -0.1) is 11.3 Å². The van der Waals surface area contributed by atoms with Gasteiger partial charge >= 0.3 is 0 Å². The van der Waals surface area contributed by atoms with Gasteiger partial charge < -0.3 is 10.3 Å². The summed E-state index contributed by atoms with van der Waals surface area (Å²) in [5, 5.41) is 5.41. The van der Waals surface area contributed by atoms with Crippen molar-refractivity contribution in [2.45, 2.75) is 27.3 Å². The van der Waals surface area contributed by atoms with E-state index in [9.17, 15) is 0 Å². The highest BCUT2D eigenvalue weighted by atomic mass is 79.9. The van der Waals surface area contributed by atoms with Gasteiger partial charge in [0.1, 0.15) is 11.3 Å². The number of hydrogen-bond donors (Lipinski definition) is 2. The smallest absolute Gasteiger partial charge is 0.183 e. The Morgan fingerprint density at radius 2 is 2.15 bits per heavy atom. The molecular formula is C13H16BrN5S. The molecule has 0 amide bonds. The van der Waals surface area contributed by atoms with Crippen LogP contribution in [-0.2, 0) is 6.54 Å². The molecule has 0 unspecified atom stereocenters. The third-order valence-corrected chi connectivity index (χ3v) is 4.03. The zero-order chi connectivity index (χ0) is 14.5. The number of thiophene rings is 1. The third-order valence-electron chi connectivity index (χ3n) is 2.48. The van der Waals surface area contributed by atoms with Crippen molar-refractivity contribution in [3.05, 3.63) is 32.9 Å². The molecule has 20 heavy (non-hydrogen) atoms. The fourth-order valence-corrected chi connectivity index (χ4v) is 2.90. The van der Waals surface area contributed by atoms with Crippen LogP contribution in [0.5, 0.6) is 0 Å². The number of H-pyrrole nitrogens is 1. The summed E-state index contributed by atoms with van der Waals surface area (Å²) in [6.07, 6.45) is 1.63. The maximum Gasteiger partial charge on any atom is 0.183 e. The van der Waals surface area contributed by atoms with Gasteiger partial charge in [0.2, 0.25) is 0 Å². The minimum Gasteiger partial charge on any atom is -0.364 e. The first-order chi connectivity index (χ1) is 9.72. The Bertz CT molecular complexity index is 691. The lowest BCUT2D eigenvalue weighted by Gasteiger charge is -2.05. The second-order valence-electron chi connectivity index (χ2n) is 3.83. The Labute approximate surface area is 130 Å². The number of aromatic nitrogens is 4. The normalized spacial score (nSPS) is 10.2. The van der Waals surface area contributed by atoms with E-state index in [4.69, 9.17) is 0 Å². The number of rotatable bonds is 3. The number of hydrogen-bond acceptors (Lipinski definition) is 5. The van der Waals surface area contributed by atoms with Crippen LogP contribution in [0.3, 0.4) is 0 Å². The monoisotopic (exact) mass is 353 g/mol. The molecular weight excluding hydrogens is 338 g/mol. The molecule has 5 nitrogen and oxygen atoms in total. The second-order valence-corrected chi connectivity index (χ2v) is 6.12. The van der Waals surface area contributed by atoms with Crippen molar-refractivity contribution in [1.82, 2.24) is 19.9 Å². The molecule has 3 rings (SSSR count). The second kappa shape index (κ2) is 6.81. The first-order valence-electron chi connectivity index (χ1n) is 6.37. The minimum atomic E-state index is 0.691. The van der Waals surface area contributed by atoms with Crippen LogP contribution in [0.15, 0.2) is 21.6 Å². The van der Waals surface area contributed by atoms with Gasteiger partial charge in [0.25, 0.3) is 0 Å². The van der Waals surface area contributed by atoms with Crippen LogP contribution in [0.1, 0.15) is 25.2 Å². The van der Waals surface area contributed by atoms with Gasteiger partial charge in [-0.3, -0.25) is 0 Å². The lowest BCUT2D eigenvalue weighted by Crippen LogP contribution is -2.03. The standard InChI is InChI=1S/C11H10BrN5S.C2H6/c1-6-16-10(9-11(17-6)15-5-14-9)13-3-7-2-8(12)18-4-7;1-2/h2,4-5H,3H2,1H3,(H2,13,14,15,16,17);1-2H3. The Balaban J connectivity index is 0.000000704. The predicted octanol–water partition coefficient (Wildman–Crippen LogP) is 4.12. The third kappa shape index (κ3) is 3.34. The average Bonchev–Trinajstić information content (AvgIpc) is 3.07. The molecule has 0 radical (unpaired) electrons. The summed E-state index contributed by atoms with van der Waals surface area (Å²) in [5.74, 6) is 1.50. The van der Waals surface area contributed by atoms with Crippen molar-refractivity contribution in [2.24, 2.45) is 0 Å². The van der Waals surface area contributed by atoms with Crippen LogP contribution in [0, 0.1) is 6.92 Å². The maximum atomic E-state index is 4.39. The zero-order valence-electron chi connectivity index (χ0n) is 11.6. The van der Waals surface area contributed by atoms with E-state index in [-0.39, 0.29) is 0 Å². The average molecular weight is 354 g/mol. The molecule has 7 heteroatoms. The molecule has 0 fully saturated rings. The van der Waals surface area contributed by atoms with Gasteiger partial charge in [-0.25, -0.2) is 15.0 Å². The number of anilines is 1. The van der Waals surface area contributed by atoms with E-state index in [0.717, 1.165) is 21.7 Å². The summed E-state index contributed by atoms with van der Waals surface area (Å²) in [6.45, 7) is 6.59. The van der Waals surface area contributed by atoms with Crippen molar-refractivity contribution in [2.75, 3.05) is 5.32 Å². The Hall–Kier alpha value is -1.47. The fraction of sp³-hybridized carbons (Fsp3) is 0.308. The molecule has 3 heterocycles. The van der Waals surface area contributed by atoms with Gasteiger partial charge in [-0.1, -0.05) is 13.8 Å². The van der Waals surface area contributed by atoms with Crippen LogP contribution in [0.2, 0.25) is 0 Å². The molecule has 0 atom stereocenters.